The van der Waals surface area contributed by atoms with E-state index in [1.54, 1.807) is 0 Å². The molecule has 0 bridgehead atoms. The molecule has 9 heavy (non-hydrogen) atoms. The molecule has 0 aromatic carbocycles. The van der Waals surface area contributed by atoms with Gasteiger partial charge in [0.2, 0.25) is 5.88 Å². The van der Waals surface area contributed by atoms with Crippen molar-refractivity contribution in [3.8, 4) is 11.9 Å². The average Bonchev–Trinajstić information content (AvgIpc) is 1.64. The van der Waals surface area contributed by atoms with Crippen molar-refractivity contribution in [3.05, 3.63) is 12.3 Å². The van der Waals surface area contributed by atoms with Gasteiger partial charge in [0, 0.05) is 12.3 Å². The molecule has 1 heterocycles. The third kappa shape index (κ3) is 2.64. The second kappa shape index (κ2) is 3.66. The molecule has 1 aromatic heterocycles. The molecule has 2 N–H and O–H groups in total. The van der Waals surface area contributed by atoms with Gasteiger partial charge in [0.05, 0.1) is 0 Å². The molecular formula is C4H5N2NaO2. The zero-order chi connectivity index (χ0) is 5.98. The summed E-state index contributed by atoms with van der Waals surface area (Å²) in [6.07, 6.45) is 1.26. The number of hydrogen-bond acceptors (Lipinski definition) is 4. The zero-order valence-electron chi connectivity index (χ0n) is 3.94. The van der Waals surface area contributed by atoms with Gasteiger partial charge >= 0.3 is 35.6 Å². The fraction of sp³-hybridized carbons (Fsp3) is 0. The van der Waals surface area contributed by atoms with Crippen LogP contribution in [0.5, 0.6) is 11.9 Å². The van der Waals surface area contributed by atoms with Crippen LogP contribution in [0.4, 0.5) is 0 Å². The number of nitrogens with zero attached hydrogens (tertiary/aromatic N) is 2. The predicted molar refractivity (Wildman–Crippen MR) is 32.5 cm³/mol. The fourth-order valence-corrected chi connectivity index (χ4v) is 0.339. The first kappa shape index (κ1) is 8.68. The molecule has 0 aliphatic carbocycles. The fourth-order valence-electron chi connectivity index (χ4n) is 0.339. The van der Waals surface area contributed by atoms with E-state index in [0.29, 0.717) is 0 Å². The third-order valence-corrected chi connectivity index (χ3v) is 0.628. The van der Waals surface area contributed by atoms with Gasteiger partial charge in [-0.1, -0.05) is 0 Å². The normalized spacial score (nSPS) is 8.00. The van der Waals surface area contributed by atoms with Gasteiger partial charge < -0.3 is 10.2 Å². The summed E-state index contributed by atoms with van der Waals surface area (Å²) >= 11 is 0. The second-order valence-electron chi connectivity index (χ2n) is 1.21. The van der Waals surface area contributed by atoms with E-state index in [0.717, 1.165) is 0 Å². The molecule has 0 aliphatic heterocycles. The molecule has 1 rings (SSSR count). The minimum atomic E-state index is -0.412. The molecule has 44 valence electrons. The molecule has 0 aliphatic rings. The van der Waals surface area contributed by atoms with Crippen LogP contribution in [0.3, 0.4) is 0 Å². The van der Waals surface area contributed by atoms with Crippen LogP contribution in [0.2, 0.25) is 0 Å². The molecule has 0 spiro atoms. The number of aromatic hydroxyl groups is 2. The number of hydrogen-bond donors (Lipinski definition) is 2. The predicted octanol–water partition coefficient (Wildman–Crippen LogP) is -0.761. The SMILES string of the molecule is Oc1ccnc(O)n1.[NaH]. The summed E-state index contributed by atoms with van der Waals surface area (Å²) in [5.41, 5.74) is 0. The standard InChI is InChI=1S/C4H4N2O2.Na.H/c7-3-1-2-5-4(8)6-3;;/h1-2H,(H2,5,6,7,8);;. The van der Waals surface area contributed by atoms with E-state index in [4.69, 9.17) is 10.2 Å². The maximum absolute atomic E-state index is 8.50. The quantitative estimate of drug-likeness (QED) is 0.460. The van der Waals surface area contributed by atoms with Crippen LogP contribution in [-0.2, 0) is 0 Å². The van der Waals surface area contributed by atoms with E-state index in [1.807, 2.05) is 0 Å². The van der Waals surface area contributed by atoms with E-state index < -0.39 is 6.01 Å². The molecule has 4 nitrogen and oxygen atoms in total. The molecular weight excluding hydrogens is 131 g/mol. The first-order valence-corrected chi connectivity index (χ1v) is 2.00. The van der Waals surface area contributed by atoms with Gasteiger partial charge in [0.25, 0.3) is 0 Å². The topological polar surface area (TPSA) is 66.2 Å². The molecule has 1 aromatic rings. The van der Waals surface area contributed by atoms with Gasteiger partial charge in [-0.15, -0.1) is 0 Å². The molecule has 0 fully saturated rings. The summed E-state index contributed by atoms with van der Waals surface area (Å²) < 4.78 is 0. The molecule has 0 unspecified atom stereocenters. The zero-order valence-corrected chi connectivity index (χ0v) is 3.94. The van der Waals surface area contributed by atoms with Crippen LogP contribution in [-0.4, -0.2) is 49.7 Å². The Balaban J connectivity index is 0.000000640. The van der Waals surface area contributed by atoms with E-state index in [-0.39, 0.29) is 35.4 Å². The van der Waals surface area contributed by atoms with Crippen molar-refractivity contribution in [2.45, 2.75) is 0 Å². The van der Waals surface area contributed by atoms with Gasteiger partial charge in [-0.3, -0.25) is 0 Å². The second-order valence-corrected chi connectivity index (χ2v) is 1.21. The molecule has 0 saturated carbocycles. The monoisotopic (exact) mass is 136 g/mol. The van der Waals surface area contributed by atoms with E-state index in [1.165, 1.54) is 12.3 Å². The van der Waals surface area contributed by atoms with Crippen LogP contribution in [0.1, 0.15) is 0 Å². The van der Waals surface area contributed by atoms with Crippen molar-refractivity contribution in [3.63, 3.8) is 0 Å². The van der Waals surface area contributed by atoms with Crippen molar-refractivity contribution >= 4 is 29.6 Å². The van der Waals surface area contributed by atoms with Gasteiger partial charge in [-0.05, 0) is 0 Å². The summed E-state index contributed by atoms with van der Waals surface area (Å²) in [6.45, 7) is 0. The van der Waals surface area contributed by atoms with Gasteiger partial charge in [-0.2, -0.15) is 4.98 Å². The Labute approximate surface area is 73.9 Å². The number of rotatable bonds is 0. The summed E-state index contributed by atoms with van der Waals surface area (Å²) in [7, 11) is 0. The molecule has 5 heteroatoms. The van der Waals surface area contributed by atoms with Crippen LogP contribution in [0.15, 0.2) is 12.3 Å². The Morgan fingerprint density at radius 3 is 2.33 bits per heavy atom. The van der Waals surface area contributed by atoms with Crippen LogP contribution >= 0.6 is 0 Å². The Hall–Kier alpha value is -0.320. The van der Waals surface area contributed by atoms with Crippen molar-refractivity contribution in [1.29, 1.82) is 0 Å². The Kier molecular flexibility index (Phi) is 3.53. The van der Waals surface area contributed by atoms with Crippen molar-refractivity contribution in [2.24, 2.45) is 0 Å². The summed E-state index contributed by atoms with van der Waals surface area (Å²) in [4.78, 5) is 6.50. The maximum atomic E-state index is 8.50. The van der Waals surface area contributed by atoms with Gasteiger partial charge in [-0.25, -0.2) is 4.98 Å². The molecule has 0 radical (unpaired) electrons. The van der Waals surface area contributed by atoms with Crippen LogP contribution in [0, 0.1) is 0 Å². The Morgan fingerprint density at radius 2 is 2.00 bits per heavy atom. The molecule has 0 atom stereocenters. The summed E-state index contributed by atoms with van der Waals surface area (Å²) in [5, 5.41) is 16.9. The summed E-state index contributed by atoms with van der Waals surface area (Å²) in [6, 6.07) is 0.865. The average molecular weight is 136 g/mol. The first-order valence-electron chi connectivity index (χ1n) is 2.00. The third-order valence-electron chi connectivity index (χ3n) is 0.628. The minimum absolute atomic E-state index is 0. The first-order chi connectivity index (χ1) is 3.79. The van der Waals surface area contributed by atoms with Crippen molar-refractivity contribution in [1.82, 2.24) is 9.97 Å². The molecule has 0 amide bonds. The van der Waals surface area contributed by atoms with Crippen molar-refractivity contribution in [2.75, 3.05) is 0 Å². The number of aromatic nitrogens is 2. The van der Waals surface area contributed by atoms with E-state index in [9.17, 15) is 0 Å². The van der Waals surface area contributed by atoms with Gasteiger partial charge in [0.15, 0.2) is 0 Å². The summed E-state index contributed by atoms with van der Waals surface area (Å²) in [5.74, 6) is -0.225. The van der Waals surface area contributed by atoms with Crippen molar-refractivity contribution < 1.29 is 10.2 Å². The van der Waals surface area contributed by atoms with E-state index in [2.05, 4.69) is 9.97 Å². The Bertz CT molecular complexity index is 176. The van der Waals surface area contributed by atoms with E-state index >= 15 is 0 Å². The van der Waals surface area contributed by atoms with Crippen LogP contribution in [0.25, 0.3) is 0 Å². The molecule has 0 saturated heterocycles. The van der Waals surface area contributed by atoms with Gasteiger partial charge in [0.1, 0.15) is 0 Å². The Morgan fingerprint density at radius 1 is 1.33 bits per heavy atom. The van der Waals surface area contributed by atoms with Crippen LogP contribution < -0.4 is 0 Å².